The first-order valence-corrected chi connectivity index (χ1v) is 10.4. The number of hydrogen-bond donors (Lipinski definition) is 2. The number of hydrogen-bond acceptors (Lipinski definition) is 5. The number of ether oxygens (including phenoxy) is 1. The molecule has 0 saturated carbocycles. The van der Waals surface area contributed by atoms with E-state index in [9.17, 15) is 9.59 Å². The molecule has 29 heavy (non-hydrogen) atoms. The van der Waals surface area contributed by atoms with Crippen LogP contribution in [0.3, 0.4) is 0 Å². The van der Waals surface area contributed by atoms with E-state index >= 15 is 0 Å². The Labute approximate surface area is 170 Å². The molecule has 1 aliphatic carbocycles. The van der Waals surface area contributed by atoms with Crippen molar-refractivity contribution < 1.29 is 9.53 Å². The number of nitrogens with zero attached hydrogens (tertiary/aromatic N) is 3. The van der Waals surface area contributed by atoms with E-state index in [-0.39, 0.29) is 11.7 Å². The van der Waals surface area contributed by atoms with Crippen molar-refractivity contribution in [3.05, 3.63) is 51.7 Å². The molecule has 2 N–H and O–H groups in total. The van der Waals surface area contributed by atoms with Gasteiger partial charge in [0, 0.05) is 32.8 Å². The number of rotatable bonds is 7. The summed E-state index contributed by atoms with van der Waals surface area (Å²) in [5.41, 5.74) is 2.47. The Bertz CT molecular complexity index is 867. The summed E-state index contributed by atoms with van der Waals surface area (Å²) in [5.74, 6) is 0.203. The first-order chi connectivity index (χ1) is 14.1. The van der Waals surface area contributed by atoms with Gasteiger partial charge in [-0.1, -0.05) is 24.3 Å². The summed E-state index contributed by atoms with van der Waals surface area (Å²) in [4.78, 5) is 31.0. The molecule has 1 aromatic heterocycles. The van der Waals surface area contributed by atoms with Crippen molar-refractivity contribution in [1.29, 1.82) is 0 Å². The highest BCUT2D eigenvalue weighted by molar-refractivity contribution is 5.90. The molecule has 8 nitrogen and oxygen atoms in total. The molecule has 2 aromatic rings. The van der Waals surface area contributed by atoms with E-state index in [2.05, 4.69) is 44.3 Å². The number of methoxy groups -OCH3 is 1. The molecule has 1 aromatic carbocycles. The van der Waals surface area contributed by atoms with Gasteiger partial charge in [0.05, 0.1) is 6.61 Å². The maximum Gasteiger partial charge on any atom is 0.341 e. The van der Waals surface area contributed by atoms with Crippen LogP contribution in [0.2, 0.25) is 0 Å². The highest BCUT2D eigenvalue weighted by Crippen LogP contribution is 2.29. The van der Waals surface area contributed by atoms with Gasteiger partial charge in [0.2, 0.25) is 5.82 Å². The molecule has 1 aliphatic heterocycles. The second kappa shape index (κ2) is 8.92. The van der Waals surface area contributed by atoms with Crippen molar-refractivity contribution in [1.82, 2.24) is 25.0 Å². The van der Waals surface area contributed by atoms with Crippen LogP contribution in [0.1, 0.15) is 34.6 Å². The molecule has 2 heterocycles. The Morgan fingerprint density at radius 1 is 1.31 bits per heavy atom. The minimum Gasteiger partial charge on any atom is -0.383 e. The summed E-state index contributed by atoms with van der Waals surface area (Å²) in [6.07, 6.45) is 4.47. The van der Waals surface area contributed by atoms with E-state index < -0.39 is 5.69 Å². The van der Waals surface area contributed by atoms with Crippen LogP contribution < -0.4 is 5.69 Å². The third-order valence-electron chi connectivity index (χ3n) is 6.13. The van der Waals surface area contributed by atoms with Gasteiger partial charge in [0.1, 0.15) is 0 Å². The van der Waals surface area contributed by atoms with Gasteiger partial charge in [-0.3, -0.25) is 14.7 Å². The molecular weight excluding hydrogens is 370 g/mol. The molecule has 2 aliphatic rings. The number of likely N-dealkylation sites (tertiary alicyclic amines) is 1. The SMILES string of the molecule is COCCN(CC1CCCN(C2Cc3ccccc3C2)C1)C(=O)c1n[nH]c(=O)[nH]1. The summed E-state index contributed by atoms with van der Waals surface area (Å²) >= 11 is 0. The predicted molar refractivity (Wildman–Crippen MR) is 109 cm³/mol. The fourth-order valence-electron chi connectivity index (χ4n) is 4.68. The van der Waals surface area contributed by atoms with Crippen LogP contribution in [0, 0.1) is 5.92 Å². The van der Waals surface area contributed by atoms with Crippen molar-refractivity contribution in [3.63, 3.8) is 0 Å². The van der Waals surface area contributed by atoms with E-state index in [1.807, 2.05) is 0 Å². The second-order valence-corrected chi connectivity index (χ2v) is 8.10. The molecule has 1 unspecified atom stereocenters. The molecular formula is C21H29N5O3. The zero-order valence-corrected chi connectivity index (χ0v) is 16.9. The van der Waals surface area contributed by atoms with Gasteiger partial charge in [-0.05, 0) is 49.3 Å². The number of piperidine rings is 1. The molecule has 1 fully saturated rings. The van der Waals surface area contributed by atoms with Crippen molar-refractivity contribution in [2.75, 3.05) is 39.9 Å². The molecule has 0 radical (unpaired) electrons. The van der Waals surface area contributed by atoms with Crippen LogP contribution in [0.15, 0.2) is 29.1 Å². The van der Waals surface area contributed by atoms with Crippen LogP contribution in [0.4, 0.5) is 0 Å². The van der Waals surface area contributed by atoms with Crippen LogP contribution in [-0.4, -0.2) is 76.8 Å². The molecule has 1 amide bonds. The van der Waals surface area contributed by atoms with Gasteiger partial charge in [0.15, 0.2) is 0 Å². The van der Waals surface area contributed by atoms with Gasteiger partial charge in [0.25, 0.3) is 5.91 Å². The van der Waals surface area contributed by atoms with Crippen molar-refractivity contribution in [2.24, 2.45) is 5.92 Å². The highest BCUT2D eigenvalue weighted by Gasteiger charge is 2.32. The molecule has 0 bridgehead atoms. The standard InChI is InChI=1S/C21H29N5O3/c1-29-10-9-26(20(27)19-22-21(28)24-23-19)14-15-5-4-8-25(13-15)18-11-16-6-2-3-7-17(16)12-18/h2-3,6-7,15,18H,4-5,8-14H2,1H3,(H2,22,23,24,28). The van der Waals surface area contributed by atoms with E-state index in [4.69, 9.17) is 4.74 Å². The largest absolute Gasteiger partial charge is 0.383 e. The number of benzene rings is 1. The Morgan fingerprint density at radius 2 is 2.07 bits per heavy atom. The second-order valence-electron chi connectivity index (χ2n) is 8.10. The molecule has 156 valence electrons. The van der Waals surface area contributed by atoms with Crippen LogP contribution in [0.5, 0.6) is 0 Å². The van der Waals surface area contributed by atoms with Gasteiger partial charge in [-0.2, -0.15) is 0 Å². The quantitative estimate of drug-likeness (QED) is 0.726. The minimum atomic E-state index is -0.468. The first-order valence-electron chi connectivity index (χ1n) is 10.4. The average Bonchev–Trinajstić information content (AvgIpc) is 3.37. The minimum absolute atomic E-state index is 0.0602. The summed E-state index contributed by atoms with van der Waals surface area (Å²) in [7, 11) is 1.62. The van der Waals surface area contributed by atoms with Crippen LogP contribution in [-0.2, 0) is 17.6 Å². The lowest BCUT2D eigenvalue weighted by Crippen LogP contribution is -2.47. The van der Waals surface area contributed by atoms with Gasteiger partial charge >= 0.3 is 5.69 Å². The maximum absolute atomic E-state index is 12.8. The Hall–Kier alpha value is -2.45. The zero-order chi connectivity index (χ0) is 20.2. The normalized spacial score (nSPS) is 20.0. The number of amides is 1. The molecule has 1 atom stereocenters. The van der Waals surface area contributed by atoms with Crippen molar-refractivity contribution in [3.8, 4) is 0 Å². The zero-order valence-electron chi connectivity index (χ0n) is 16.9. The lowest BCUT2D eigenvalue weighted by Gasteiger charge is -2.38. The van der Waals surface area contributed by atoms with E-state index in [1.54, 1.807) is 12.0 Å². The monoisotopic (exact) mass is 399 g/mol. The molecule has 1 saturated heterocycles. The topological polar surface area (TPSA) is 94.3 Å². The summed E-state index contributed by atoms with van der Waals surface area (Å²) in [6.45, 7) is 3.69. The first kappa shape index (κ1) is 19.8. The number of nitrogens with one attached hydrogen (secondary N) is 2. The van der Waals surface area contributed by atoms with Gasteiger partial charge in [-0.25, -0.2) is 9.89 Å². The highest BCUT2D eigenvalue weighted by atomic mass is 16.5. The number of aromatic nitrogens is 3. The number of fused-ring (bicyclic) bond motifs is 1. The lowest BCUT2D eigenvalue weighted by atomic mass is 9.95. The van der Waals surface area contributed by atoms with E-state index in [1.165, 1.54) is 11.1 Å². The predicted octanol–water partition coefficient (Wildman–Crippen LogP) is 1.07. The Kier molecular flexibility index (Phi) is 6.10. The number of carbonyl (C=O) groups is 1. The third kappa shape index (κ3) is 4.59. The van der Waals surface area contributed by atoms with Gasteiger partial charge < -0.3 is 9.64 Å². The maximum atomic E-state index is 12.8. The molecule has 0 spiro atoms. The Morgan fingerprint density at radius 3 is 2.72 bits per heavy atom. The molecule has 8 heteroatoms. The third-order valence-corrected chi connectivity index (χ3v) is 6.13. The number of H-pyrrole nitrogens is 2. The summed E-state index contributed by atoms with van der Waals surface area (Å²) in [5, 5.41) is 6.07. The smallest absolute Gasteiger partial charge is 0.341 e. The number of aromatic amines is 2. The van der Waals surface area contributed by atoms with Crippen molar-refractivity contribution >= 4 is 5.91 Å². The average molecular weight is 399 g/mol. The van der Waals surface area contributed by atoms with Crippen LogP contribution >= 0.6 is 0 Å². The lowest BCUT2D eigenvalue weighted by molar-refractivity contribution is 0.0563. The summed E-state index contributed by atoms with van der Waals surface area (Å²) in [6, 6.07) is 9.29. The summed E-state index contributed by atoms with van der Waals surface area (Å²) < 4.78 is 5.19. The molecule has 4 rings (SSSR count). The number of carbonyl (C=O) groups excluding carboxylic acids is 1. The fourth-order valence-corrected chi connectivity index (χ4v) is 4.68. The van der Waals surface area contributed by atoms with E-state index in [0.29, 0.717) is 31.7 Å². The van der Waals surface area contributed by atoms with Crippen LogP contribution in [0.25, 0.3) is 0 Å². The fraction of sp³-hybridized carbons (Fsp3) is 0.571. The van der Waals surface area contributed by atoms with Crippen molar-refractivity contribution in [2.45, 2.75) is 31.7 Å². The van der Waals surface area contributed by atoms with Gasteiger partial charge in [-0.15, -0.1) is 5.10 Å². The Balaban J connectivity index is 1.40. The van der Waals surface area contributed by atoms with E-state index in [0.717, 1.165) is 38.8 Å².